The van der Waals surface area contributed by atoms with Crippen molar-refractivity contribution in [2.75, 3.05) is 0 Å². The molecule has 0 saturated heterocycles. The molecule has 0 aliphatic carbocycles. The van der Waals surface area contributed by atoms with Gasteiger partial charge in [0.1, 0.15) is 12.4 Å². The minimum Gasteiger partial charge on any atom is -0.247 e. The Hall–Kier alpha value is -0.790. The number of hydrogen-bond acceptors (Lipinski definition) is 0. The van der Waals surface area contributed by atoms with Gasteiger partial charge >= 0.3 is 0 Å². The van der Waals surface area contributed by atoms with Crippen LogP contribution in [0.15, 0.2) is 12.4 Å². The van der Waals surface area contributed by atoms with E-state index in [1.807, 2.05) is 0 Å². The Labute approximate surface area is 208 Å². The van der Waals surface area contributed by atoms with Gasteiger partial charge in [-0.05, 0) is 12.8 Å². The molecule has 1 atom stereocenters. The van der Waals surface area contributed by atoms with Gasteiger partial charge in [-0.25, -0.2) is 9.55 Å². The maximum atomic E-state index is 3.53. The quantitative estimate of drug-likeness (QED) is 0.110. The number of nitrogens with one attached hydrogen (secondary N) is 1. The average Bonchev–Trinajstić information content (AvgIpc) is 3.25. The van der Waals surface area contributed by atoms with Crippen LogP contribution in [0.4, 0.5) is 0 Å². The van der Waals surface area contributed by atoms with Crippen LogP contribution in [0, 0.1) is 0 Å². The maximum absolute atomic E-state index is 3.53. The molecule has 0 fully saturated rings. The molecular weight excluding hydrogens is 400 g/mol. The highest BCUT2D eigenvalue weighted by Crippen LogP contribution is 2.26. The van der Waals surface area contributed by atoms with E-state index >= 15 is 0 Å². The zero-order chi connectivity index (χ0) is 23.8. The van der Waals surface area contributed by atoms with Crippen LogP contribution >= 0.6 is 0 Å². The summed E-state index contributed by atoms with van der Waals surface area (Å²) in [6.45, 7) is 4.61. The summed E-state index contributed by atoms with van der Waals surface area (Å²) in [5.41, 5.74) is 0. The molecular formula is C31H61N2+. The zero-order valence-electron chi connectivity index (χ0n) is 23.1. The molecule has 0 aromatic carbocycles. The standard InChI is InChI=1S/C31H60N2/c1-4-6-8-10-11-12-13-14-15-16-17-18-19-20-21-23-25-27-30(26-24-22-9-7-5-2)31-32-28-29-33(31)3/h28-30H,4-27H2,1-3H3/p+1/t30-/m0/s1. The van der Waals surface area contributed by atoms with Crippen LogP contribution in [-0.4, -0.2) is 4.98 Å². The summed E-state index contributed by atoms with van der Waals surface area (Å²) in [4.78, 5) is 3.53. The zero-order valence-corrected chi connectivity index (χ0v) is 23.1. The number of imidazole rings is 1. The van der Waals surface area contributed by atoms with Crippen molar-refractivity contribution < 1.29 is 4.57 Å². The topological polar surface area (TPSA) is 19.7 Å². The average molecular weight is 462 g/mol. The molecule has 1 aromatic heterocycles. The third-order valence-electron chi connectivity index (χ3n) is 7.61. The summed E-state index contributed by atoms with van der Waals surface area (Å²) in [6, 6.07) is 0. The summed E-state index contributed by atoms with van der Waals surface area (Å²) in [5, 5.41) is 0. The van der Waals surface area contributed by atoms with Crippen molar-refractivity contribution in [1.82, 2.24) is 4.98 Å². The lowest BCUT2D eigenvalue weighted by molar-refractivity contribution is -0.679. The Bertz CT molecular complexity index is 507. The first-order valence-electron chi connectivity index (χ1n) is 15.3. The molecule has 33 heavy (non-hydrogen) atoms. The van der Waals surface area contributed by atoms with E-state index in [0.29, 0.717) is 0 Å². The number of aromatic amines is 1. The molecule has 2 heteroatoms. The minimum atomic E-state index is 0.725. The Balaban J connectivity index is 1.95. The van der Waals surface area contributed by atoms with Gasteiger partial charge < -0.3 is 0 Å². The fourth-order valence-electron chi connectivity index (χ4n) is 5.35. The normalized spacial score (nSPS) is 12.5. The first-order chi connectivity index (χ1) is 16.3. The highest BCUT2D eigenvalue weighted by atomic mass is 15.0. The van der Waals surface area contributed by atoms with Crippen LogP contribution < -0.4 is 4.57 Å². The summed E-state index contributed by atoms with van der Waals surface area (Å²) >= 11 is 0. The lowest BCUT2D eigenvalue weighted by Crippen LogP contribution is -2.32. The van der Waals surface area contributed by atoms with Crippen molar-refractivity contribution in [3.63, 3.8) is 0 Å². The molecule has 2 nitrogen and oxygen atoms in total. The molecule has 0 amide bonds. The molecule has 0 unspecified atom stereocenters. The van der Waals surface area contributed by atoms with Gasteiger partial charge in [-0.1, -0.05) is 155 Å². The van der Waals surface area contributed by atoms with E-state index in [2.05, 4.69) is 42.8 Å². The Morgan fingerprint density at radius 2 is 0.879 bits per heavy atom. The second-order valence-electron chi connectivity index (χ2n) is 10.8. The molecule has 1 heterocycles. The molecule has 0 spiro atoms. The Morgan fingerprint density at radius 1 is 0.545 bits per heavy atom. The van der Waals surface area contributed by atoms with Gasteiger partial charge in [0.2, 0.25) is 0 Å². The lowest BCUT2D eigenvalue weighted by atomic mass is 9.93. The molecule has 0 radical (unpaired) electrons. The van der Waals surface area contributed by atoms with Gasteiger partial charge in [-0.2, -0.15) is 0 Å². The SMILES string of the molecule is CCCCCCCCCCCCCCCCCCC[C@H](CCCCCCC)c1[nH]cc[n+]1C. The smallest absolute Gasteiger partial charge is 0.247 e. The predicted molar refractivity (Wildman–Crippen MR) is 147 cm³/mol. The number of H-pyrrole nitrogens is 1. The molecule has 0 aliphatic heterocycles. The van der Waals surface area contributed by atoms with E-state index in [9.17, 15) is 0 Å². The Morgan fingerprint density at radius 3 is 1.18 bits per heavy atom. The predicted octanol–water partition coefficient (Wildman–Crippen LogP) is 10.3. The summed E-state index contributed by atoms with van der Waals surface area (Å²) < 4.78 is 2.31. The minimum absolute atomic E-state index is 0.725. The molecule has 0 aliphatic rings. The second-order valence-corrected chi connectivity index (χ2v) is 10.8. The van der Waals surface area contributed by atoms with Gasteiger partial charge in [0.25, 0.3) is 5.82 Å². The third-order valence-corrected chi connectivity index (χ3v) is 7.61. The molecule has 1 rings (SSSR count). The first-order valence-corrected chi connectivity index (χ1v) is 15.3. The van der Waals surface area contributed by atoms with Gasteiger partial charge in [0.15, 0.2) is 0 Å². The van der Waals surface area contributed by atoms with E-state index < -0.39 is 0 Å². The fourth-order valence-corrected chi connectivity index (χ4v) is 5.35. The fraction of sp³-hybridized carbons (Fsp3) is 0.903. The number of aryl methyl sites for hydroxylation is 1. The molecule has 1 N–H and O–H groups in total. The van der Waals surface area contributed by atoms with Crippen molar-refractivity contribution >= 4 is 0 Å². The number of hydrogen-bond donors (Lipinski definition) is 1. The van der Waals surface area contributed by atoms with Crippen molar-refractivity contribution in [3.05, 3.63) is 18.2 Å². The number of aromatic nitrogens is 2. The highest BCUT2D eigenvalue weighted by molar-refractivity contribution is 4.89. The van der Waals surface area contributed by atoms with Crippen LogP contribution in [0.1, 0.15) is 180 Å². The summed E-state index contributed by atoms with van der Waals surface area (Å²) in [6.07, 6.45) is 38.7. The van der Waals surface area contributed by atoms with E-state index in [1.165, 1.54) is 160 Å². The molecule has 0 bridgehead atoms. The third kappa shape index (κ3) is 17.3. The summed E-state index contributed by atoms with van der Waals surface area (Å²) in [7, 11) is 2.20. The first kappa shape index (κ1) is 30.2. The van der Waals surface area contributed by atoms with Gasteiger partial charge in [0, 0.05) is 0 Å². The number of rotatable bonds is 25. The second kappa shape index (κ2) is 23.0. The molecule has 194 valence electrons. The molecule has 0 saturated carbocycles. The van der Waals surface area contributed by atoms with Gasteiger partial charge in [-0.15, -0.1) is 0 Å². The van der Waals surface area contributed by atoms with Crippen LogP contribution in [-0.2, 0) is 7.05 Å². The summed E-state index contributed by atoms with van der Waals surface area (Å²) in [5.74, 6) is 2.17. The molecule has 1 aromatic rings. The van der Waals surface area contributed by atoms with E-state index in [1.54, 1.807) is 0 Å². The van der Waals surface area contributed by atoms with Gasteiger partial charge in [0.05, 0.1) is 13.0 Å². The lowest BCUT2D eigenvalue weighted by Gasteiger charge is -2.13. The number of unbranched alkanes of at least 4 members (excludes halogenated alkanes) is 20. The van der Waals surface area contributed by atoms with Gasteiger partial charge in [-0.3, -0.25) is 0 Å². The van der Waals surface area contributed by atoms with Crippen molar-refractivity contribution in [2.24, 2.45) is 7.05 Å². The largest absolute Gasteiger partial charge is 0.257 e. The maximum Gasteiger partial charge on any atom is 0.257 e. The van der Waals surface area contributed by atoms with Crippen molar-refractivity contribution in [2.45, 2.75) is 174 Å². The van der Waals surface area contributed by atoms with Crippen LogP contribution in [0.25, 0.3) is 0 Å². The monoisotopic (exact) mass is 461 g/mol. The van der Waals surface area contributed by atoms with E-state index in [0.717, 1.165) is 5.92 Å². The Kier molecular flexibility index (Phi) is 21.1. The highest BCUT2D eigenvalue weighted by Gasteiger charge is 2.20. The van der Waals surface area contributed by atoms with E-state index in [-0.39, 0.29) is 0 Å². The number of nitrogens with zero attached hydrogens (tertiary/aromatic N) is 1. The van der Waals surface area contributed by atoms with Crippen LogP contribution in [0.2, 0.25) is 0 Å². The van der Waals surface area contributed by atoms with Crippen LogP contribution in [0.5, 0.6) is 0 Å². The van der Waals surface area contributed by atoms with E-state index in [4.69, 9.17) is 0 Å². The van der Waals surface area contributed by atoms with Crippen LogP contribution in [0.3, 0.4) is 0 Å². The van der Waals surface area contributed by atoms with Crippen molar-refractivity contribution in [3.8, 4) is 0 Å². The van der Waals surface area contributed by atoms with Crippen molar-refractivity contribution in [1.29, 1.82) is 0 Å².